The van der Waals surface area contributed by atoms with Gasteiger partial charge in [0.1, 0.15) is 6.04 Å². The van der Waals surface area contributed by atoms with Crippen molar-refractivity contribution in [2.75, 3.05) is 0 Å². The number of hydrogen-bond acceptors (Lipinski definition) is 3. The summed E-state index contributed by atoms with van der Waals surface area (Å²) in [6.07, 6.45) is 6.16. The van der Waals surface area contributed by atoms with E-state index in [4.69, 9.17) is 10.5 Å². The number of esters is 1. The zero-order valence-corrected chi connectivity index (χ0v) is 10.3. The van der Waals surface area contributed by atoms with E-state index in [0.717, 1.165) is 25.7 Å². The molecule has 0 saturated carbocycles. The number of carbonyl (C=O) groups is 1. The molecule has 0 rings (SSSR count). The molecule has 3 nitrogen and oxygen atoms in total. The van der Waals surface area contributed by atoms with Gasteiger partial charge in [-0.15, -0.1) is 0 Å². The molecular formula is C12H25NO2. The largest absolute Gasteiger partial charge is 0.462 e. The van der Waals surface area contributed by atoms with Crippen molar-refractivity contribution >= 4 is 5.97 Å². The number of rotatable bonds is 8. The van der Waals surface area contributed by atoms with E-state index in [1.807, 2.05) is 13.8 Å². The molecule has 90 valence electrons. The minimum absolute atomic E-state index is 0.0146. The Hall–Kier alpha value is -0.570. The molecule has 0 amide bonds. The molecule has 0 unspecified atom stereocenters. The SMILES string of the molecule is CCCCCC[C@@H](N)C(=O)O[C@H](C)CC. The average molecular weight is 215 g/mol. The van der Waals surface area contributed by atoms with Crippen LogP contribution in [0.25, 0.3) is 0 Å². The highest BCUT2D eigenvalue weighted by Crippen LogP contribution is 2.07. The van der Waals surface area contributed by atoms with Crippen LogP contribution in [0.4, 0.5) is 0 Å². The third kappa shape index (κ3) is 7.37. The van der Waals surface area contributed by atoms with Gasteiger partial charge in [-0.05, 0) is 19.8 Å². The van der Waals surface area contributed by atoms with E-state index >= 15 is 0 Å². The molecule has 0 aromatic carbocycles. The smallest absolute Gasteiger partial charge is 0.323 e. The van der Waals surface area contributed by atoms with Crippen LogP contribution in [0.1, 0.15) is 59.3 Å². The molecule has 0 bridgehead atoms. The van der Waals surface area contributed by atoms with Gasteiger partial charge >= 0.3 is 5.97 Å². The maximum Gasteiger partial charge on any atom is 0.323 e. The van der Waals surface area contributed by atoms with Gasteiger partial charge in [0, 0.05) is 0 Å². The van der Waals surface area contributed by atoms with E-state index in [1.165, 1.54) is 12.8 Å². The van der Waals surface area contributed by atoms with Crippen molar-refractivity contribution in [3.8, 4) is 0 Å². The number of nitrogens with two attached hydrogens (primary N) is 1. The molecular weight excluding hydrogens is 190 g/mol. The molecule has 0 aromatic rings. The normalized spacial score (nSPS) is 14.7. The Balaban J connectivity index is 3.60. The monoisotopic (exact) mass is 215 g/mol. The molecule has 2 atom stereocenters. The standard InChI is InChI=1S/C12H25NO2/c1-4-6-7-8-9-11(13)12(14)15-10(3)5-2/h10-11H,4-9,13H2,1-3H3/t10-,11-/m1/s1. The van der Waals surface area contributed by atoms with Gasteiger partial charge in [0.15, 0.2) is 0 Å². The minimum atomic E-state index is -0.434. The van der Waals surface area contributed by atoms with Crippen molar-refractivity contribution in [1.29, 1.82) is 0 Å². The van der Waals surface area contributed by atoms with Crippen molar-refractivity contribution in [2.24, 2.45) is 5.73 Å². The maximum atomic E-state index is 11.4. The Morgan fingerprint density at radius 2 is 1.93 bits per heavy atom. The third-order valence-electron chi connectivity index (χ3n) is 2.56. The Bertz CT molecular complexity index is 171. The van der Waals surface area contributed by atoms with Gasteiger partial charge in [0.25, 0.3) is 0 Å². The zero-order valence-electron chi connectivity index (χ0n) is 10.3. The van der Waals surface area contributed by atoms with Crippen LogP contribution in [-0.4, -0.2) is 18.1 Å². The molecule has 0 heterocycles. The maximum absolute atomic E-state index is 11.4. The first-order chi connectivity index (χ1) is 7.11. The summed E-state index contributed by atoms with van der Waals surface area (Å²) in [5, 5.41) is 0. The van der Waals surface area contributed by atoms with Crippen molar-refractivity contribution in [3.05, 3.63) is 0 Å². The van der Waals surface area contributed by atoms with Crippen LogP contribution >= 0.6 is 0 Å². The Morgan fingerprint density at radius 1 is 1.27 bits per heavy atom. The molecule has 0 aliphatic rings. The molecule has 15 heavy (non-hydrogen) atoms. The van der Waals surface area contributed by atoms with Gasteiger partial charge in [-0.1, -0.05) is 39.5 Å². The van der Waals surface area contributed by atoms with Crippen LogP contribution in [0.2, 0.25) is 0 Å². The second-order valence-corrected chi connectivity index (χ2v) is 4.11. The fraction of sp³-hybridized carbons (Fsp3) is 0.917. The van der Waals surface area contributed by atoms with E-state index in [-0.39, 0.29) is 12.1 Å². The summed E-state index contributed by atoms with van der Waals surface area (Å²) in [5.74, 6) is -0.249. The lowest BCUT2D eigenvalue weighted by Crippen LogP contribution is -2.34. The van der Waals surface area contributed by atoms with Gasteiger partial charge in [-0.3, -0.25) is 4.79 Å². The number of unbranched alkanes of at least 4 members (excludes halogenated alkanes) is 3. The van der Waals surface area contributed by atoms with E-state index in [2.05, 4.69) is 6.92 Å². The van der Waals surface area contributed by atoms with Gasteiger partial charge in [-0.2, -0.15) is 0 Å². The molecule has 2 N–H and O–H groups in total. The quantitative estimate of drug-likeness (QED) is 0.500. The van der Waals surface area contributed by atoms with Crippen LogP contribution in [-0.2, 0) is 9.53 Å². The van der Waals surface area contributed by atoms with Crippen molar-refractivity contribution in [3.63, 3.8) is 0 Å². The zero-order chi connectivity index (χ0) is 11.7. The summed E-state index contributed by atoms with van der Waals surface area (Å²) >= 11 is 0. The predicted molar refractivity (Wildman–Crippen MR) is 62.6 cm³/mol. The van der Waals surface area contributed by atoms with Crippen molar-refractivity contribution in [1.82, 2.24) is 0 Å². The fourth-order valence-electron chi connectivity index (χ4n) is 1.28. The summed E-state index contributed by atoms with van der Waals surface area (Å²) in [7, 11) is 0. The molecule has 0 aliphatic heterocycles. The first-order valence-corrected chi connectivity index (χ1v) is 6.07. The van der Waals surface area contributed by atoms with Gasteiger partial charge < -0.3 is 10.5 Å². The molecule has 3 heteroatoms. The summed E-state index contributed by atoms with van der Waals surface area (Å²) in [6, 6.07) is -0.434. The number of carbonyl (C=O) groups excluding carboxylic acids is 1. The van der Waals surface area contributed by atoms with Crippen molar-refractivity contribution < 1.29 is 9.53 Å². The van der Waals surface area contributed by atoms with Gasteiger partial charge in [0.05, 0.1) is 6.10 Å². The number of hydrogen-bond donors (Lipinski definition) is 1. The second kappa shape index (κ2) is 8.72. The lowest BCUT2D eigenvalue weighted by Gasteiger charge is -2.15. The first kappa shape index (κ1) is 14.4. The molecule has 0 spiro atoms. The summed E-state index contributed by atoms with van der Waals surface area (Å²) in [6.45, 7) is 6.05. The van der Waals surface area contributed by atoms with Crippen LogP contribution in [0.3, 0.4) is 0 Å². The van der Waals surface area contributed by atoms with Crippen molar-refractivity contribution in [2.45, 2.75) is 71.4 Å². The van der Waals surface area contributed by atoms with Crippen LogP contribution in [0, 0.1) is 0 Å². The molecule has 0 saturated heterocycles. The predicted octanol–water partition coefficient (Wildman–Crippen LogP) is 2.63. The molecule has 0 radical (unpaired) electrons. The highest BCUT2D eigenvalue weighted by atomic mass is 16.5. The lowest BCUT2D eigenvalue weighted by atomic mass is 10.1. The topological polar surface area (TPSA) is 52.3 Å². The molecule has 0 aliphatic carbocycles. The first-order valence-electron chi connectivity index (χ1n) is 6.07. The second-order valence-electron chi connectivity index (χ2n) is 4.11. The van der Waals surface area contributed by atoms with Crippen LogP contribution in [0.15, 0.2) is 0 Å². The molecule has 0 aromatic heterocycles. The Kier molecular flexibility index (Phi) is 8.38. The van der Waals surface area contributed by atoms with Gasteiger partial charge in [-0.25, -0.2) is 0 Å². The summed E-state index contributed by atoms with van der Waals surface area (Å²) in [5.41, 5.74) is 5.73. The Morgan fingerprint density at radius 3 is 2.47 bits per heavy atom. The van der Waals surface area contributed by atoms with Crippen LogP contribution in [0.5, 0.6) is 0 Å². The average Bonchev–Trinajstić information content (AvgIpc) is 2.23. The summed E-state index contributed by atoms with van der Waals surface area (Å²) in [4.78, 5) is 11.4. The van der Waals surface area contributed by atoms with Gasteiger partial charge in [0.2, 0.25) is 0 Å². The number of ether oxygens (including phenoxy) is 1. The van der Waals surface area contributed by atoms with E-state index < -0.39 is 6.04 Å². The Labute approximate surface area is 93.4 Å². The summed E-state index contributed by atoms with van der Waals surface area (Å²) < 4.78 is 5.15. The highest BCUT2D eigenvalue weighted by Gasteiger charge is 2.16. The van der Waals surface area contributed by atoms with Crippen LogP contribution < -0.4 is 5.73 Å². The highest BCUT2D eigenvalue weighted by molar-refractivity contribution is 5.75. The van der Waals surface area contributed by atoms with E-state index in [0.29, 0.717) is 0 Å². The fourth-order valence-corrected chi connectivity index (χ4v) is 1.28. The van der Waals surface area contributed by atoms with E-state index in [9.17, 15) is 4.79 Å². The minimum Gasteiger partial charge on any atom is -0.462 e. The molecule has 0 fully saturated rings. The third-order valence-corrected chi connectivity index (χ3v) is 2.56. The lowest BCUT2D eigenvalue weighted by molar-refractivity contribution is -0.150. The van der Waals surface area contributed by atoms with E-state index in [1.54, 1.807) is 0 Å².